The Morgan fingerprint density at radius 1 is 0.767 bits per heavy atom. The van der Waals surface area contributed by atoms with E-state index < -0.39 is 116 Å². The van der Waals surface area contributed by atoms with E-state index in [-0.39, 0.29) is 38.6 Å². The highest BCUT2D eigenvalue weighted by Gasteiger charge is 2.54. The van der Waals surface area contributed by atoms with Crippen LogP contribution in [0.25, 0.3) is 17.0 Å². The Bertz CT molecular complexity index is 2310. The number of hydrogen-bond acceptors (Lipinski definition) is 22. The number of aliphatic hydroxyl groups excluding tert-OH is 6. The summed E-state index contributed by atoms with van der Waals surface area (Å²) in [4.78, 5) is 16.4. The molecule has 19 N–H and O–H groups in total. The molecule has 24 heteroatoms. The number of pyridine rings is 1. The minimum absolute atomic E-state index is 0. The van der Waals surface area contributed by atoms with Crippen LogP contribution < -0.4 is 49.2 Å². The van der Waals surface area contributed by atoms with E-state index in [2.05, 4.69) is 76.6 Å². The van der Waals surface area contributed by atoms with Crippen LogP contribution in [0.5, 0.6) is 0 Å². The summed E-state index contributed by atoms with van der Waals surface area (Å²) in [6, 6.07) is 14.6. The molecule has 22 nitrogen and oxygen atoms in total. The van der Waals surface area contributed by atoms with Gasteiger partial charge in [0.25, 0.3) is 0 Å². The van der Waals surface area contributed by atoms with Crippen molar-refractivity contribution in [2.24, 2.45) is 34.4 Å². The number of hydrogen-bond donors (Lipinski definition) is 13. The molecule has 5 heterocycles. The number of carbonyl (C=O) groups is 1. The Kier molecular flexibility index (Phi) is 20.3. The number of para-hydroxylation sites is 2. The van der Waals surface area contributed by atoms with E-state index in [1.165, 1.54) is 22.3 Å². The van der Waals surface area contributed by atoms with E-state index in [1.54, 1.807) is 11.8 Å². The lowest BCUT2D eigenvalue weighted by Gasteiger charge is -2.47. The van der Waals surface area contributed by atoms with Gasteiger partial charge in [0.1, 0.15) is 67.6 Å². The SMILES string of the molecule is C.CN1/C(=C/c2cc[n+](CCCCC(=O)NCCSC[C@H]3OC(O[C@@H]4C(O)[C@H](N)CC(N)[C@H]4O[C@H]4OC(CN)[C@@H](O)[C@H](O)C4N)[C@@H](O)[C@H]3O[C@H]3O[C@@H](CN)[C@@H](O)C(O)C3N)c3ccccc23)Sc2ccccc21. The van der Waals surface area contributed by atoms with E-state index in [0.29, 0.717) is 25.1 Å². The molecule has 0 spiro atoms. The van der Waals surface area contributed by atoms with Gasteiger partial charge in [-0.25, -0.2) is 0 Å². The fourth-order valence-electron chi connectivity index (χ4n) is 9.86. The van der Waals surface area contributed by atoms with Crippen molar-refractivity contribution >= 4 is 52.1 Å². The first kappa shape index (κ1) is 57.5. The maximum Gasteiger partial charge on any atom is 0.220 e. The summed E-state index contributed by atoms with van der Waals surface area (Å²) >= 11 is 3.16. The number of nitrogens with one attached hydrogen (secondary N) is 1. The van der Waals surface area contributed by atoms with Gasteiger partial charge >= 0.3 is 0 Å². The minimum atomic E-state index is -1.57. The first-order chi connectivity index (χ1) is 34.6. The standard InChI is InChI=1S/C48H71N9O13S2.CH4/c1-56-28-10-4-5-11-32(28)72-34(56)18-23-13-16-57(27-9-3-2-8-24(23)27)15-7-6-12-33(58)55-14-17-71-22-31-44(69-47-36(54)41(63)39(61)30(21-50)66-47)42(64)48(67-31)70-45-37(59)25(51)19-26(52)43(45)68-46-35(53)40(62)38(60)29(20-49)65-46;/h2-5,8-11,13,16,18,25-26,29-31,35-48,59-64H,6-7,12,14-15,17,19-22,49-54H2,1H3;1H4/p+1/t25-,26?,29?,30+,31-,35?,36?,37?,38-,39-,40-,41?,42+,43-,44+,45-,46-,47-,48?;/m1./s1. The molecule has 4 aliphatic heterocycles. The Balaban J connectivity index is 0.00000780. The second kappa shape index (κ2) is 25.8. The number of nitrogens with zero attached hydrogens (tertiary/aromatic N) is 2. The summed E-state index contributed by atoms with van der Waals surface area (Å²) in [7, 11) is 2.09. The molecule has 19 atom stereocenters. The molecule has 4 fully saturated rings. The van der Waals surface area contributed by atoms with Crippen LogP contribution in [0.3, 0.4) is 0 Å². The van der Waals surface area contributed by atoms with Gasteiger partial charge in [-0.05, 0) is 42.7 Å². The highest BCUT2D eigenvalue weighted by Crippen LogP contribution is 2.46. The maximum atomic E-state index is 13.0. The zero-order valence-corrected chi connectivity index (χ0v) is 41.7. The number of rotatable bonds is 19. The summed E-state index contributed by atoms with van der Waals surface area (Å²) in [5.74, 6) is 0.569. The first-order valence-corrected chi connectivity index (χ1v) is 26.5. The van der Waals surface area contributed by atoms with Crippen molar-refractivity contribution in [2.45, 2.75) is 161 Å². The fraction of sp³-hybridized carbons (Fsp3) is 0.633. The van der Waals surface area contributed by atoms with Gasteiger partial charge in [-0.15, -0.1) is 0 Å². The second-order valence-electron chi connectivity index (χ2n) is 19.0. The second-order valence-corrected chi connectivity index (χ2v) is 21.3. The number of aromatic nitrogens is 1. The monoisotopic (exact) mass is 1060 g/mol. The average Bonchev–Trinajstić information content (AvgIpc) is 3.85. The van der Waals surface area contributed by atoms with Crippen LogP contribution in [0.2, 0.25) is 0 Å². The van der Waals surface area contributed by atoms with Crippen LogP contribution in [0.15, 0.2) is 70.7 Å². The lowest BCUT2D eigenvalue weighted by molar-refractivity contribution is -0.671. The van der Waals surface area contributed by atoms with Gasteiger partial charge in [-0.1, -0.05) is 43.5 Å². The third kappa shape index (κ3) is 12.8. The third-order valence-corrected chi connectivity index (χ3v) is 16.3. The van der Waals surface area contributed by atoms with Crippen LogP contribution in [0.1, 0.15) is 38.7 Å². The Morgan fingerprint density at radius 2 is 1.38 bits per heavy atom. The number of aryl methyl sites for hydroxylation is 1. The van der Waals surface area contributed by atoms with E-state index in [9.17, 15) is 35.4 Å². The Labute approximate surface area is 433 Å². The zero-order chi connectivity index (χ0) is 51.4. The number of benzene rings is 2. The fourth-order valence-corrected chi connectivity index (χ4v) is 11.9. The molecule has 8 rings (SSSR count). The third-order valence-electron chi connectivity index (χ3n) is 14.1. The minimum Gasteiger partial charge on any atom is -0.389 e. The van der Waals surface area contributed by atoms with Crippen LogP contribution in [-0.2, 0) is 39.8 Å². The van der Waals surface area contributed by atoms with Crippen molar-refractivity contribution in [1.82, 2.24) is 5.32 Å². The van der Waals surface area contributed by atoms with E-state index in [0.717, 1.165) is 34.5 Å². The number of unbranched alkanes of at least 4 members (excludes halogenated alkanes) is 1. The van der Waals surface area contributed by atoms with Gasteiger partial charge in [0.05, 0.1) is 40.4 Å². The molecule has 7 unspecified atom stereocenters. The largest absolute Gasteiger partial charge is 0.389 e. The number of fused-ring (bicyclic) bond motifs is 2. The van der Waals surface area contributed by atoms with Crippen LogP contribution in [0, 0.1) is 0 Å². The highest BCUT2D eigenvalue weighted by molar-refractivity contribution is 8.03. The highest BCUT2D eigenvalue weighted by atomic mass is 32.2. The van der Waals surface area contributed by atoms with Crippen LogP contribution in [-0.4, -0.2) is 191 Å². The van der Waals surface area contributed by atoms with Gasteiger partial charge in [-0.3, -0.25) is 4.79 Å². The topological polar surface area (TPSA) is 369 Å². The summed E-state index contributed by atoms with van der Waals surface area (Å²) in [5.41, 5.74) is 40.3. The Hall–Kier alpha value is -3.16. The van der Waals surface area contributed by atoms with Gasteiger partial charge in [0, 0.05) is 80.1 Å². The molecular weight excluding hydrogens is 987 g/mol. The van der Waals surface area contributed by atoms with Crippen molar-refractivity contribution in [3.8, 4) is 0 Å². The first-order valence-electron chi connectivity index (χ1n) is 24.5. The number of aliphatic hydroxyl groups is 6. The molecule has 3 saturated heterocycles. The number of carbonyl (C=O) groups excluding carboxylic acids is 1. The molecular formula is C49H76N9O13S2+. The quantitative estimate of drug-likeness (QED) is 0.0434. The van der Waals surface area contributed by atoms with E-state index in [4.69, 9.17) is 62.8 Å². The van der Waals surface area contributed by atoms with Crippen molar-refractivity contribution in [1.29, 1.82) is 0 Å². The summed E-state index contributed by atoms with van der Waals surface area (Å²) < 4.78 is 38.8. The number of amides is 1. The van der Waals surface area contributed by atoms with Crippen LogP contribution in [0.4, 0.5) is 5.69 Å². The van der Waals surface area contributed by atoms with Crippen molar-refractivity contribution in [3.05, 3.63) is 71.4 Å². The predicted octanol–water partition coefficient (Wildman–Crippen LogP) is -2.55. The lowest BCUT2D eigenvalue weighted by Crippen LogP contribution is -2.68. The van der Waals surface area contributed by atoms with Crippen LogP contribution >= 0.6 is 23.5 Å². The molecule has 1 saturated carbocycles. The van der Waals surface area contributed by atoms with Gasteiger partial charge in [0.2, 0.25) is 11.4 Å². The predicted molar refractivity (Wildman–Crippen MR) is 275 cm³/mol. The molecule has 1 aromatic heterocycles. The molecule has 0 bridgehead atoms. The number of nitrogens with two attached hydrogens (primary N) is 6. The molecule has 1 aliphatic carbocycles. The molecule has 2 aromatic carbocycles. The number of thioether (sulfide) groups is 2. The number of ether oxygens (including phenoxy) is 6. The average molecular weight is 1060 g/mol. The zero-order valence-electron chi connectivity index (χ0n) is 40.1. The van der Waals surface area contributed by atoms with Gasteiger partial charge in [-0.2, -0.15) is 16.3 Å². The normalized spacial score (nSPS) is 37.1. The smallest absolute Gasteiger partial charge is 0.220 e. The van der Waals surface area contributed by atoms with E-state index in [1.807, 2.05) is 12.1 Å². The molecule has 3 aromatic rings. The van der Waals surface area contributed by atoms with Crippen molar-refractivity contribution in [2.75, 3.05) is 43.1 Å². The molecule has 0 radical (unpaired) electrons. The molecule has 406 valence electrons. The maximum absolute atomic E-state index is 13.0. The van der Waals surface area contributed by atoms with E-state index >= 15 is 0 Å². The summed E-state index contributed by atoms with van der Waals surface area (Å²) in [6.45, 7) is 0.747. The summed E-state index contributed by atoms with van der Waals surface area (Å²) in [6.07, 6.45) is -13.3. The Morgan fingerprint density at radius 3 is 2.05 bits per heavy atom. The van der Waals surface area contributed by atoms with Crippen molar-refractivity contribution in [3.63, 3.8) is 0 Å². The number of anilines is 1. The van der Waals surface area contributed by atoms with Crippen molar-refractivity contribution < 1.29 is 68.4 Å². The van der Waals surface area contributed by atoms with Gasteiger partial charge < -0.3 is 104 Å². The van der Waals surface area contributed by atoms with Gasteiger partial charge in [0.15, 0.2) is 25.1 Å². The lowest BCUT2D eigenvalue weighted by atomic mass is 9.84. The molecule has 5 aliphatic rings. The summed E-state index contributed by atoms with van der Waals surface area (Å²) in [5, 5.41) is 70.8. The molecule has 73 heavy (non-hydrogen) atoms. The molecule has 1 amide bonds.